The predicted octanol–water partition coefficient (Wildman–Crippen LogP) is 6.57. The van der Waals surface area contributed by atoms with Crippen LogP contribution in [0.4, 0.5) is 5.69 Å². The highest BCUT2D eigenvalue weighted by atomic mass is 35.5. The van der Waals surface area contributed by atoms with E-state index >= 15 is 0 Å². The number of hydrogen-bond donors (Lipinski definition) is 1. The Bertz CT molecular complexity index is 673. The van der Waals surface area contributed by atoms with Crippen molar-refractivity contribution in [2.24, 2.45) is 0 Å². The first-order valence-electron chi connectivity index (χ1n) is 8.76. The molecule has 2 rings (SSSR count). The van der Waals surface area contributed by atoms with Crippen molar-refractivity contribution in [1.29, 1.82) is 0 Å². The number of aryl methyl sites for hydroxylation is 2. The Labute approximate surface area is 151 Å². The molecular weight excluding hydrogens is 314 g/mol. The zero-order valence-electron chi connectivity index (χ0n) is 15.0. The van der Waals surface area contributed by atoms with Crippen LogP contribution in [-0.4, -0.2) is 11.9 Å². The van der Waals surface area contributed by atoms with Crippen LogP contribution in [0, 0.1) is 13.8 Å². The zero-order valence-corrected chi connectivity index (χ0v) is 15.8. The van der Waals surface area contributed by atoms with E-state index in [2.05, 4.69) is 75.1 Å². The van der Waals surface area contributed by atoms with Crippen LogP contribution in [0.1, 0.15) is 48.4 Å². The lowest BCUT2D eigenvalue weighted by molar-refractivity contribution is 0.694. The molecule has 0 saturated heterocycles. The van der Waals surface area contributed by atoms with Gasteiger partial charge in [-0.1, -0.05) is 50.3 Å². The molecule has 1 nitrogen and oxygen atoms in total. The first kappa shape index (κ1) is 18.6. The Morgan fingerprint density at radius 1 is 1.00 bits per heavy atom. The quantitative estimate of drug-likeness (QED) is 0.535. The molecule has 1 unspecified atom stereocenters. The molecule has 0 aliphatic carbocycles. The molecule has 0 bridgehead atoms. The number of halogens is 1. The molecule has 2 heteroatoms. The van der Waals surface area contributed by atoms with Crippen molar-refractivity contribution in [2.75, 3.05) is 11.9 Å². The molecule has 2 aromatic carbocycles. The molecule has 1 atom stereocenters. The van der Waals surface area contributed by atoms with Crippen molar-refractivity contribution >= 4 is 22.9 Å². The van der Waals surface area contributed by atoms with Crippen molar-refractivity contribution in [2.45, 2.75) is 45.4 Å². The SMILES string of the molecule is C=C(c1ccc(NCCC(Cl)CCC)cc1)c1ccc(C)c(C)c1. The summed E-state index contributed by atoms with van der Waals surface area (Å²) >= 11 is 6.25. The lowest BCUT2D eigenvalue weighted by atomic mass is 9.96. The van der Waals surface area contributed by atoms with Gasteiger partial charge in [0.2, 0.25) is 0 Å². The summed E-state index contributed by atoms with van der Waals surface area (Å²) in [5.41, 5.74) is 7.15. The molecule has 0 spiro atoms. The summed E-state index contributed by atoms with van der Waals surface area (Å²) in [7, 11) is 0. The van der Waals surface area contributed by atoms with E-state index in [1.807, 2.05) is 0 Å². The van der Waals surface area contributed by atoms with Gasteiger partial charge in [0, 0.05) is 17.6 Å². The maximum absolute atomic E-state index is 6.25. The fourth-order valence-electron chi connectivity index (χ4n) is 2.72. The van der Waals surface area contributed by atoms with Crippen molar-refractivity contribution in [3.05, 3.63) is 71.3 Å². The highest BCUT2D eigenvalue weighted by Gasteiger charge is 2.05. The number of anilines is 1. The summed E-state index contributed by atoms with van der Waals surface area (Å²) < 4.78 is 0. The molecule has 128 valence electrons. The minimum Gasteiger partial charge on any atom is -0.385 e. The van der Waals surface area contributed by atoms with E-state index in [1.54, 1.807) is 0 Å². The second-order valence-corrected chi connectivity index (χ2v) is 7.07. The number of benzene rings is 2. The molecule has 0 aliphatic heterocycles. The number of nitrogens with one attached hydrogen (secondary N) is 1. The Morgan fingerprint density at radius 3 is 2.29 bits per heavy atom. The summed E-state index contributed by atoms with van der Waals surface area (Å²) in [5, 5.41) is 3.71. The van der Waals surface area contributed by atoms with Gasteiger partial charge in [-0.3, -0.25) is 0 Å². The standard InChI is InChI=1S/C22H28ClN/c1-5-6-21(23)13-14-24-22-11-9-19(10-12-22)18(4)20-8-7-16(2)17(3)15-20/h7-12,15,21,24H,4-6,13-14H2,1-3H3. The van der Waals surface area contributed by atoms with Crippen LogP contribution < -0.4 is 5.32 Å². The van der Waals surface area contributed by atoms with E-state index in [4.69, 9.17) is 11.6 Å². The number of alkyl halides is 1. The third kappa shape index (κ3) is 5.14. The molecule has 0 amide bonds. The van der Waals surface area contributed by atoms with E-state index in [-0.39, 0.29) is 5.38 Å². The Balaban J connectivity index is 1.96. The first-order valence-corrected chi connectivity index (χ1v) is 9.19. The molecule has 0 aliphatic rings. The third-order valence-electron chi connectivity index (χ3n) is 4.48. The Morgan fingerprint density at radius 2 is 1.67 bits per heavy atom. The molecule has 0 heterocycles. The average Bonchev–Trinajstić information content (AvgIpc) is 2.57. The number of hydrogen-bond acceptors (Lipinski definition) is 1. The molecule has 0 saturated carbocycles. The van der Waals surface area contributed by atoms with Crippen molar-refractivity contribution < 1.29 is 0 Å². The van der Waals surface area contributed by atoms with Crippen molar-refractivity contribution in [3.63, 3.8) is 0 Å². The van der Waals surface area contributed by atoms with Crippen LogP contribution in [0.5, 0.6) is 0 Å². The summed E-state index contributed by atoms with van der Waals surface area (Å²) in [6, 6.07) is 15.0. The highest BCUT2D eigenvalue weighted by Crippen LogP contribution is 2.24. The van der Waals surface area contributed by atoms with Crippen LogP contribution in [0.3, 0.4) is 0 Å². The lowest BCUT2D eigenvalue weighted by Gasteiger charge is -2.12. The number of rotatable bonds is 8. The van der Waals surface area contributed by atoms with E-state index < -0.39 is 0 Å². The van der Waals surface area contributed by atoms with Gasteiger partial charge in [0.15, 0.2) is 0 Å². The third-order valence-corrected chi connectivity index (χ3v) is 4.91. The predicted molar refractivity (Wildman–Crippen MR) is 108 cm³/mol. The van der Waals surface area contributed by atoms with Crippen LogP contribution in [0.15, 0.2) is 49.0 Å². The fourth-order valence-corrected chi connectivity index (χ4v) is 3.04. The lowest BCUT2D eigenvalue weighted by Crippen LogP contribution is -2.08. The van der Waals surface area contributed by atoms with Gasteiger partial charge in [-0.15, -0.1) is 11.6 Å². The van der Waals surface area contributed by atoms with Gasteiger partial charge in [-0.25, -0.2) is 0 Å². The van der Waals surface area contributed by atoms with Crippen LogP contribution in [0.25, 0.3) is 5.57 Å². The second kappa shape index (κ2) is 8.94. The minimum atomic E-state index is 0.270. The Kier molecular flexibility index (Phi) is 6.93. The van der Waals surface area contributed by atoms with Gasteiger partial charge in [-0.05, 0) is 66.6 Å². The van der Waals surface area contributed by atoms with Gasteiger partial charge >= 0.3 is 0 Å². The summed E-state index contributed by atoms with van der Waals surface area (Å²) in [4.78, 5) is 0. The average molecular weight is 342 g/mol. The highest BCUT2D eigenvalue weighted by molar-refractivity contribution is 6.20. The fraction of sp³-hybridized carbons (Fsp3) is 0.364. The van der Waals surface area contributed by atoms with Crippen LogP contribution in [-0.2, 0) is 0 Å². The van der Waals surface area contributed by atoms with Crippen molar-refractivity contribution in [1.82, 2.24) is 0 Å². The molecule has 0 aromatic heterocycles. The van der Waals surface area contributed by atoms with Crippen LogP contribution >= 0.6 is 11.6 Å². The zero-order chi connectivity index (χ0) is 17.5. The van der Waals surface area contributed by atoms with Gasteiger partial charge in [0.05, 0.1) is 0 Å². The molecule has 24 heavy (non-hydrogen) atoms. The molecular formula is C22H28ClN. The van der Waals surface area contributed by atoms with Crippen LogP contribution in [0.2, 0.25) is 0 Å². The monoisotopic (exact) mass is 341 g/mol. The summed E-state index contributed by atoms with van der Waals surface area (Å²) in [6.45, 7) is 11.6. The second-order valence-electron chi connectivity index (χ2n) is 6.46. The molecule has 0 fully saturated rings. The Hall–Kier alpha value is -1.73. The van der Waals surface area contributed by atoms with Gasteiger partial charge in [-0.2, -0.15) is 0 Å². The normalized spacial score (nSPS) is 12.0. The van der Waals surface area contributed by atoms with Crippen molar-refractivity contribution in [3.8, 4) is 0 Å². The van der Waals surface area contributed by atoms with E-state index in [0.717, 1.165) is 42.6 Å². The molecule has 1 N–H and O–H groups in total. The van der Waals surface area contributed by atoms with Gasteiger partial charge in [0.25, 0.3) is 0 Å². The summed E-state index contributed by atoms with van der Waals surface area (Å²) in [5.74, 6) is 0. The first-order chi connectivity index (χ1) is 11.5. The minimum absolute atomic E-state index is 0.270. The topological polar surface area (TPSA) is 12.0 Å². The van der Waals surface area contributed by atoms with E-state index in [0.29, 0.717) is 0 Å². The van der Waals surface area contributed by atoms with E-state index in [9.17, 15) is 0 Å². The van der Waals surface area contributed by atoms with Gasteiger partial charge < -0.3 is 5.32 Å². The largest absolute Gasteiger partial charge is 0.385 e. The van der Waals surface area contributed by atoms with E-state index in [1.165, 1.54) is 16.7 Å². The summed E-state index contributed by atoms with van der Waals surface area (Å²) in [6.07, 6.45) is 3.22. The van der Waals surface area contributed by atoms with Gasteiger partial charge in [0.1, 0.15) is 0 Å². The molecule has 2 aromatic rings. The maximum atomic E-state index is 6.25. The smallest absolute Gasteiger partial charge is 0.0352 e. The maximum Gasteiger partial charge on any atom is 0.0352 e. The molecule has 0 radical (unpaired) electrons.